The molecule has 5 rings (SSSR count). The molecule has 9 heteroatoms. The molecule has 182 valence electrons. The molecule has 5 aromatic rings. The molecule has 0 atom stereocenters. The molecule has 0 bridgehead atoms. The number of nitrogens with one attached hydrogen (secondary N) is 1. The van der Waals surface area contributed by atoms with Crippen LogP contribution in [0.25, 0.3) is 33.1 Å². The third kappa shape index (κ3) is 4.46. The van der Waals surface area contributed by atoms with Crippen molar-refractivity contribution in [3.63, 3.8) is 0 Å². The Labute approximate surface area is 212 Å². The summed E-state index contributed by atoms with van der Waals surface area (Å²) in [6.45, 7) is 0.501. The van der Waals surface area contributed by atoms with Crippen LogP contribution in [0.5, 0.6) is 5.75 Å². The number of hydrogen-bond acceptors (Lipinski definition) is 5. The molecule has 0 unspecified atom stereocenters. The van der Waals surface area contributed by atoms with Crippen LogP contribution >= 0.6 is 0 Å². The van der Waals surface area contributed by atoms with Crippen LogP contribution in [0.15, 0.2) is 79.0 Å². The standard InChI is InChI=1S/C27H21N3O5.ClH/c1-34-21-11-12-24-23(15-21)22-13-14-29(16-17-3-9-20(10-4-17)30(32)33)26(25(22)28-24)18-5-7-19(8-6-18)27(31)35-2;/h3-15H,16H2,1-2H3;1H. The summed E-state index contributed by atoms with van der Waals surface area (Å²) in [5.41, 5.74) is 5.18. The summed E-state index contributed by atoms with van der Waals surface area (Å²) in [5, 5.41) is 13.1. The minimum absolute atomic E-state index is 0. The van der Waals surface area contributed by atoms with E-state index in [-0.39, 0.29) is 18.1 Å². The third-order valence-electron chi connectivity index (χ3n) is 6.07. The van der Waals surface area contributed by atoms with E-state index in [1.807, 2.05) is 42.6 Å². The largest absolute Gasteiger partial charge is 1.00 e. The summed E-state index contributed by atoms with van der Waals surface area (Å²) in [4.78, 5) is 26.1. The van der Waals surface area contributed by atoms with Gasteiger partial charge in [0.1, 0.15) is 11.3 Å². The van der Waals surface area contributed by atoms with Crippen LogP contribution in [0.3, 0.4) is 0 Å². The number of fused-ring (bicyclic) bond motifs is 3. The van der Waals surface area contributed by atoms with Crippen molar-refractivity contribution in [2.24, 2.45) is 0 Å². The molecule has 0 amide bonds. The Morgan fingerprint density at radius 1 is 0.972 bits per heavy atom. The normalized spacial score (nSPS) is 10.7. The van der Waals surface area contributed by atoms with Crippen molar-refractivity contribution in [2.75, 3.05) is 14.2 Å². The number of aromatic nitrogens is 2. The number of H-pyrrole nitrogens is 1. The van der Waals surface area contributed by atoms with Gasteiger partial charge in [-0.3, -0.25) is 10.1 Å². The topological polar surface area (TPSA) is 98.3 Å². The summed E-state index contributed by atoms with van der Waals surface area (Å²) < 4.78 is 12.3. The molecule has 3 aromatic carbocycles. The molecule has 1 N–H and O–H groups in total. The van der Waals surface area contributed by atoms with Gasteiger partial charge in [0.05, 0.1) is 24.7 Å². The quantitative estimate of drug-likeness (QED) is 0.165. The monoisotopic (exact) mass is 503 g/mol. The van der Waals surface area contributed by atoms with E-state index in [1.165, 1.54) is 19.2 Å². The molecule has 2 heterocycles. The first-order valence-corrected chi connectivity index (χ1v) is 10.9. The molecule has 36 heavy (non-hydrogen) atoms. The van der Waals surface area contributed by atoms with E-state index in [1.54, 1.807) is 31.4 Å². The van der Waals surface area contributed by atoms with Crippen LogP contribution < -0.4 is 21.7 Å². The van der Waals surface area contributed by atoms with Crippen LogP contribution in [0.4, 0.5) is 5.69 Å². The molecule has 2 aromatic heterocycles. The molecule has 0 saturated heterocycles. The SMILES string of the molecule is COC(=O)c1ccc(-c2c3[nH]c4ccc(OC)cc4c3cc[n+]2Cc2ccc([N+](=O)[O-])cc2)cc1.[Cl-]. The number of nitro benzene ring substituents is 1. The number of methoxy groups -OCH3 is 2. The lowest BCUT2D eigenvalue weighted by Crippen LogP contribution is -3.00. The first-order chi connectivity index (χ1) is 17.0. The number of non-ortho nitro benzene ring substituents is 1. The van der Waals surface area contributed by atoms with E-state index in [4.69, 9.17) is 9.47 Å². The summed E-state index contributed by atoms with van der Waals surface area (Å²) in [5.74, 6) is 0.371. The molecule has 0 spiro atoms. The molecule has 0 aliphatic rings. The van der Waals surface area contributed by atoms with Gasteiger partial charge in [0.25, 0.3) is 5.69 Å². The van der Waals surface area contributed by atoms with E-state index >= 15 is 0 Å². The number of pyridine rings is 1. The fourth-order valence-electron chi connectivity index (χ4n) is 4.31. The molecule has 0 saturated carbocycles. The van der Waals surface area contributed by atoms with Gasteiger partial charge in [0.2, 0.25) is 5.69 Å². The summed E-state index contributed by atoms with van der Waals surface area (Å²) in [6, 6.07) is 21.7. The molecule has 8 nitrogen and oxygen atoms in total. The van der Waals surface area contributed by atoms with Crippen molar-refractivity contribution in [3.8, 4) is 17.0 Å². The Balaban J connectivity index is 0.00000304. The van der Waals surface area contributed by atoms with Crippen LogP contribution in [0, 0.1) is 10.1 Å². The van der Waals surface area contributed by atoms with Crippen LogP contribution in [0.1, 0.15) is 15.9 Å². The molecule has 0 aliphatic heterocycles. The highest BCUT2D eigenvalue weighted by Crippen LogP contribution is 2.33. The number of hydrogen-bond donors (Lipinski definition) is 1. The van der Waals surface area contributed by atoms with Crippen molar-refractivity contribution >= 4 is 33.5 Å². The van der Waals surface area contributed by atoms with E-state index in [0.717, 1.165) is 44.4 Å². The van der Waals surface area contributed by atoms with Crippen molar-refractivity contribution in [1.29, 1.82) is 0 Å². The van der Waals surface area contributed by atoms with Gasteiger partial charge in [-0.15, -0.1) is 0 Å². The number of aromatic amines is 1. The number of esters is 1. The second-order valence-electron chi connectivity index (χ2n) is 8.11. The maximum absolute atomic E-state index is 11.9. The van der Waals surface area contributed by atoms with Crippen molar-refractivity contribution < 1.29 is 36.2 Å². The van der Waals surface area contributed by atoms with Gasteiger partial charge in [-0.1, -0.05) is 0 Å². The predicted octanol–water partition coefficient (Wildman–Crippen LogP) is 2.03. The third-order valence-corrected chi connectivity index (χ3v) is 6.07. The number of benzene rings is 3. The Morgan fingerprint density at radius 2 is 1.69 bits per heavy atom. The Kier molecular flexibility index (Phi) is 6.89. The molecular formula is C27H22ClN3O5. The number of nitrogens with zero attached hydrogens (tertiary/aromatic N) is 2. The van der Waals surface area contributed by atoms with Crippen molar-refractivity contribution in [2.45, 2.75) is 6.54 Å². The fraction of sp³-hybridized carbons (Fsp3) is 0.111. The highest BCUT2D eigenvalue weighted by molar-refractivity contribution is 6.10. The second-order valence-corrected chi connectivity index (χ2v) is 8.11. The minimum atomic E-state index is -0.407. The maximum atomic E-state index is 11.9. The smallest absolute Gasteiger partial charge is 0.337 e. The van der Waals surface area contributed by atoms with E-state index in [0.29, 0.717) is 12.1 Å². The average molecular weight is 504 g/mol. The zero-order valence-corrected chi connectivity index (χ0v) is 20.3. The average Bonchev–Trinajstić information content (AvgIpc) is 3.26. The van der Waals surface area contributed by atoms with Gasteiger partial charge < -0.3 is 26.9 Å². The van der Waals surface area contributed by atoms with Gasteiger partial charge >= 0.3 is 5.97 Å². The Bertz CT molecular complexity index is 1580. The number of carbonyl (C=O) groups excluding carboxylic acids is 1. The molecule has 0 aliphatic carbocycles. The lowest BCUT2D eigenvalue weighted by atomic mass is 10.0. The van der Waals surface area contributed by atoms with Crippen LogP contribution in [-0.4, -0.2) is 30.1 Å². The van der Waals surface area contributed by atoms with E-state index in [9.17, 15) is 14.9 Å². The number of halogens is 1. The number of ether oxygens (including phenoxy) is 2. The highest BCUT2D eigenvalue weighted by atomic mass is 35.5. The predicted molar refractivity (Wildman–Crippen MR) is 132 cm³/mol. The minimum Gasteiger partial charge on any atom is -1.00 e. The lowest BCUT2D eigenvalue weighted by Gasteiger charge is -2.07. The molecule has 0 radical (unpaired) electrons. The summed E-state index contributed by atoms with van der Waals surface area (Å²) >= 11 is 0. The molecular weight excluding hydrogens is 482 g/mol. The van der Waals surface area contributed by atoms with Gasteiger partial charge in [-0.2, -0.15) is 4.57 Å². The number of rotatable bonds is 6. The summed E-state index contributed by atoms with van der Waals surface area (Å²) in [6.07, 6.45) is 2.00. The Morgan fingerprint density at radius 3 is 2.33 bits per heavy atom. The summed E-state index contributed by atoms with van der Waals surface area (Å²) in [7, 11) is 3.00. The van der Waals surface area contributed by atoms with Crippen LogP contribution in [0.2, 0.25) is 0 Å². The van der Waals surface area contributed by atoms with E-state index < -0.39 is 10.9 Å². The number of nitro groups is 1. The zero-order valence-electron chi connectivity index (χ0n) is 19.5. The van der Waals surface area contributed by atoms with Crippen LogP contribution in [-0.2, 0) is 11.3 Å². The van der Waals surface area contributed by atoms with E-state index in [2.05, 4.69) is 9.55 Å². The van der Waals surface area contributed by atoms with Gasteiger partial charge in [0, 0.05) is 45.6 Å². The maximum Gasteiger partial charge on any atom is 0.337 e. The van der Waals surface area contributed by atoms with Crippen molar-refractivity contribution in [1.82, 2.24) is 4.98 Å². The lowest BCUT2D eigenvalue weighted by molar-refractivity contribution is -0.676. The first kappa shape index (κ1) is 24.7. The van der Waals surface area contributed by atoms with Gasteiger partial charge in [-0.25, -0.2) is 4.79 Å². The Hall–Kier alpha value is -4.43. The van der Waals surface area contributed by atoms with Gasteiger partial charge in [0.15, 0.2) is 12.7 Å². The number of carbonyl (C=O) groups is 1. The van der Waals surface area contributed by atoms with Crippen molar-refractivity contribution in [3.05, 3.63) is 100 Å². The second kappa shape index (κ2) is 10.1. The highest BCUT2D eigenvalue weighted by Gasteiger charge is 2.22. The zero-order chi connectivity index (χ0) is 24.5. The molecule has 0 fully saturated rings. The first-order valence-electron chi connectivity index (χ1n) is 10.9. The van der Waals surface area contributed by atoms with Gasteiger partial charge in [-0.05, 0) is 54.6 Å². The fourth-order valence-corrected chi connectivity index (χ4v) is 4.31.